The Labute approximate surface area is 144 Å². The maximum absolute atomic E-state index is 11.5. The molecular weight excluding hydrogens is 318 g/mol. The van der Waals surface area contributed by atoms with Crippen molar-refractivity contribution in [3.8, 4) is 11.1 Å². The van der Waals surface area contributed by atoms with Crippen molar-refractivity contribution in [1.82, 2.24) is 0 Å². The summed E-state index contributed by atoms with van der Waals surface area (Å²) in [6, 6.07) is 10.5. The van der Waals surface area contributed by atoms with Crippen molar-refractivity contribution >= 4 is 35.1 Å². The van der Waals surface area contributed by atoms with Gasteiger partial charge < -0.3 is 22.9 Å². The maximum atomic E-state index is 11.5. The summed E-state index contributed by atoms with van der Waals surface area (Å²) in [4.78, 5) is 27.3. The molecule has 0 unspecified atom stereocenters. The van der Waals surface area contributed by atoms with Gasteiger partial charge in [-0.05, 0) is 35.4 Å². The molecule has 7 heteroatoms. The molecule has 126 valence electrons. The predicted octanol–water partition coefficient (Wildman–Crippen LogP) is 1.30. The van der Waals surface area contributed by atoms with Crippen LogP contribution in [0.4, 0.5) is 11.4 Å². The van der Waals surface area contributed by atoms with Crippen LogP contribution in [0.5, 0.6) is 0 Å². The van der Waals surface area contributed by atoms with Crippen LogP contribution in [0.1, 0.15) is 22.3 Å². The number of carbonyl (C=O) groups excluding carboxylic acids is 2. The van der Waals surface area contributed by atoms with E-state index in [2.05, 4.69) is 4.99 Å². The van der Waals surface area contributed by atoms with Crippen LogP contribution >= 0.6 is 0 Å². The van der Waals surface area contributed by atoms with E-state index in [9.17, 15) is 9.59 Å². The van der Waals surface area contributed by atoms with Crippen LogP contribution in [0.15, 0.2) is 47.0 Å². The Kier molecular flexibility index (Phi) is 3.98. The van der Waals surface area contributed by atoms with Gasteiger partial charge in [-0.25, -0.2) is 4.99 Å². The predicted molar refractivity (Wildman–Crippen MR) is 97.9 cm³/mol. The first kappa shape index (κ1) is 16.3. The molecule has 0 aliphatic carbocycles. The third-order valence-electron chi connectivity index (χ3n) is 3.96. The van der Waals surface area contributed by atoms with Gasteiger partial charge in [0.05, 0.1) is 11.3 Å². The first-order valence-corrected chi connectivity index (χ1v) is 7.52. The summed E-state index contributed by atoms with van der Waals surface area (Å²) in [5.74, 6) is -0.818. The van der Waals surface area contributed by atoms with Gasteiger partial charge in [0.15, 0.2) is 0 Å². The Morgan fingerprint density at radius 3 is 2.28 bits per heavy atom. The van der Waals surface area contributed by atoms with Crippen LogP contribution in [0.3, 0.4) is 0 Å². The molecular formula is C18H17N5O2. The SMILES string of the molecule is NC(=O)C1=Cc2ccc(-c3ccc(N)c(C(N)=O)c3)cc2N=C(N)C1. The highest BCUT2D eigenvalue weighted by Gasteiger charge is 2.15. The standard InChI is InChI=1S/C18H17N5O2/c19-14-4-3-9(6-13(14)18(22)25)10-1-2-11-5-12(17(21)24)8-16(20)23-15(11)7-10/h1-7H,8,19H2,(H2,20,23)(H2,21,24)(H2,22,25). The van der Waals surface area contributed by atoms with E-state index in [1.54, 1.807) is 24.3 Å². The average Bonchev–Trinajstić information content (AvgIpc) is 2.72. The number of carbonyl (C=O) groups is 2. The minimum atomic E-state index is -0.592. The minimum absolute atomic E-state index is 0.201. The zero-order valence-corrected chi connectivity index (χ0v) is 13.3. The Morgan fingerprint density at radius 1 is 0.920 bits per heavy atom. The zero-order chi connectivity index (χ0) is 18.1. The number of aliphatic imine (C=N–C) groups is 1. The Balaban J connectivity index is 2.11. The smallest absolute Gasteiger partial charge is 0.250 e. The second kappa shape index (κ2) is 6.12. The number of primary amides is 2. The number of anilines is 1. The van der Waals surface area contributed by atoms with Gasteiger partial charge >= 0.3 is 0 Å². The molecule has 2 aromatic rings. The number of hydrogen-bond acceptors (Lipinski definition) is 5. The van der Waals surface area contributed by atoms with Crippen molar-refractivity contribution in [1.29, 1.82) is 0 Å². The number of hydrogen-bond donors (Lipinski definition) is 4. The van der Waals surface area contributed by atoms with Crippen molar-refractivity contribution < 1.29 is 9.59 Å². The maximum Gasteiger partial charge on any atom is 0.250 e. The molecule has 1 aliphatic heterocycles. The quantitative estimate of drug-likeness (QED) is 0.625. The Bertz CT molecular complexity index is 960. The molecule has 7 nitrogen and oxygen atoms in total. The average molecular weight is 335 g/mol. The van der Waals surface area contributed by atoms with E-state index in [1.165, 1.54) is 0 Å². The fraction of sp³-hybridized carbons (Fsp3) is 0.0556. The first-order valence-electron chi connectivity index (χ1n) is 7.52. The number of fused-ring (bicyclic) bond motifs is 1. The zero-order valence-electron chi connectivity index (χ0n) is 13.3. The fourth-order valence-electron chi connectivity index (χ4n) is 2.68. The van der Waals surface area contributed by atoms with Gasteiger partial charge in [0.25, 0.3) is 5.91 Å². The summed E-state index contributed by atoms with van der Waals surface area (Å²) in [7, 11) is 0. The van der Waals surface area contributed by atoms with Crippen LogP contribution < -0.4 is 22.9 Å². The molecule has 25 heavy (non-hydrogen) atoms. The number of rotatable bonds is 3. The number of amidine groups is 1. The van der Waals surface area contributed by atoms with Crippen LogP contribution in [0, 0.1) is 0 Å². The molecule has 1 heterocycles. The molecule has 0 aromatic heterocycles. The van der Waals surface area contributed by atoms with Crippen molar-refractivity contribution in [3.05, 3.63) is 53.1 Å². The number of nitrogen functional groups attached to an aromatic ring is 1. The lowest BCUT2D eigenvalue weighted by molar-refractivity contribution is -0.114. The fourth-order valence-corrected chi connectivity index (χ4v) is 2.68. The first-order chi connectivity index (χ1) is 11.8. The lowest BCUT2D eigenvalue weighted by atomic mass is 9.98. The Morgan fingerprint density at radius 2 is 1.60 bits per heavy atom. The van der Waals surface area contributed by atoms with Crippen molar-refractivity contribution in [2.75, 3.05) is 5.73 Å². The van der Waals surface area contributed by atoms with Gasteiger partial charge in [-0.15, -0.1) is 0 Å². The van der Waals surface area contributed by atoms with Crippen molar-refractivity contribution in [3.63, 3.8) is 0 Å². The molecule has 0 atom stereocenters. The van der Waals surface area contributed by atoms with Crippen LogP contribution in [-0.4, -0.2) is 17.6 Å². The summed E-state index contributed by atoms with van der Waals surface area (Å²) >= 11 is 0. The van der Waals surface area contributed by atoms with Crippen LogP contribution in [0.2, 0.25) is 0 Å². The van der Waals surface area contributed by atoms with Crippen LogP contribution in [0.25, 0.3) is 17.2 Å². The van der Waals surface area contributed by atoms with Gasteiger partial charge in [0.1, 0.15) is 5.84 Å². The van der Waals surface area contributed by atoms with E-state index in [0.29, 0.717) is 22.8 Å². The summed E-state index contributed by atoms with van der Waals surface area (Å²) in [6.45, 7) is 0. The molecule has 0 radical (unpaired) electrons. The summed E-state index contributed by atoms with van der Waals surface area (Å²) < 4.78 is 0. The summed E-state index contributed by atoms with van der Waals surface area (Å²) in [5, 5.41) is 0. The van der Waals surface area contributed by atoms with E-state index in [-0.39, 0.29) is 12.0 Å². The molecule has 2 aromatic carbocycles. The number of nitrogens with zero attached hydrogens (tertiary/aromatic N) is 1. The van der Waals surface area contributed by atoms with Gasteiger partial charge in [-0.1, -0.05) is 18.2 Å². The van der Waals surface area contributed by atoms with E-state index in [4.69, 9.17) is 22.9 Å². The second-order valence-corrected chi connectivity index (χ2v) is 5.75. The molecule has 1 aliphatic rings. The lowest BCUT2D eigenvalue weighted by Gasteiger charge is -2.09. The Hall–Kier alpha value is -3.61. The third-order valence-corrected chi connectivity index (χ3v) is 3.96. The van der Waals surface area contributed by atoms with E-state index < -0.39 is 11.8 Å². The molecule has 0 saturated carbocycles. The summed E-state index contributed by atoms with van der Waals surface area (Å²) in [5.41, 5.74) is 26.3. The molecule has 3 rings (SSSR count). The normalized spacial score (nSPS) is 13.3. The topological polar surface area (TPSA) is 151 Å². The van der Waals surface area contributed by atoms with Crippen LogP contribution in [-0.2, 0) is 4.79 Å². The number of nitrogens with two attached hydrogens (primary N) is 4. The van der Waals surface area contributed by atoms with E-state index in [0.717, 1.165) is 16.7 Å². The highest BCUT2D eigenvalue weighted by atomic mass is 16.1. The highest BCUT2D eigenvalue weighted by Crippen LogP contribution is 2.32. The minimum Gasteiger partial charge on any atom is -0.398 e. The van der Waals surface area contributed by atoms with Gasteiger partial charge in [0.2, 0.25) is 5.91 Å². The molecule has 0 saturated heterocycles. The highest BCUT2D eigenvalue weighted by molar-refractivity contribution is 6.05. The molecule has 0 fully saturated rings. The van der Waals surface area contributed by atoms with Gasteiger partial charge in [0, 0.05) is 23.2 Å². The third kappa shape index (κ3) is 3.20. The number of amides is 2. The van der Waals surface area contributed by atoms with Gasteiger partial charge in [-0.2, -0.15) is 0 Å². The monoisotopic (exact) mass is 335 g/mol. The molecule has 2 amide bonds. The lowest BCUT2D eigenvalue weighted by Crippen LogP contribution is -2.19. The molecule has 0 spiro atoms. The van der Waals surface area contributed by atoms with Crippen molar-refractivity contribution in [2.45, 2.75) is 6.42 Å². The largest absolute Gasteiger partial charge is 0.398 e. The van der Waals surface area contributed by atoms with Crippen molar-refractivity contribution in [2.24, 2.45) is 22.2 Å². The van der Waals surface area contributed by atoms with E-state index in [1.807, 2.05) is 18.2 Å². The van der Waals surface area contributed by atoms with Gasteiger partial charge in [-0.3, -0.25) is 9.59 Å². The number of benzene rings is 2. The van der Waals surface area contributed by atoms with E-state index >= 15 is 0 Å². The molecule has 0 bridgehead atoms. The second-order valence-electron chi connectivity index (χ2n) is 5.75. The summed E-state index contributed by atoms with van der Waals surface area (Å²) in [6.07, 6.45) is 1.88. The molecule has 8 N–H and O–H groups in total.